The van der Waals surface area contributed by atoms with Gasteiger partial charge in [0.25, 0.3) is 0 Å². The summed E-state index contributed by atoms with van der Waals surface area (Å²) in [4.78, 5) is 13.8. The molecule has 0 aromatic heterocycles. The summed E-state index contributed by atoms with van der Waals surface area (Å²) >= 11 is 0. The maximum Gasteiger partial charge on any atom is 0.331 e. The van der Waals surface area contributed by atoms with Crippen LogP contribution < -0.4 is 5.43 Å². The number of amides is 2. The van der Waals surface area contributed by atoms with Crippen molar-refractivity contribution < 1.29 is 4.79 Å². The molecule has 0 aromatic carbocycles. The Bertz CT molecular complexity index is 226. The molecule has 2 aliphatic rings. The number of hydrogen-bond acceptors (Lipinski definition) is 2. The quantitative estimate of drug-likeness (QED) is 0.715. The maximum absolute atomic E-state index is 11.9. The van der Waals surface area contributed by atoms with Gasteiger partial charge in [0.15, 0.2) is 0 Å². The van der Waals surface area contributed by atoms with Crippen molar-refractivity contribution in [3.8, 4) is 0 Å². The number of carbonyl (C=O) groups excluding carboxylic acids is 1. The molecule has 4 heteroatoms. The van der Waals surface area contributed by atoms with E-state index in [0.29, 0.717) is 6.04 Å². The Morgan fingerprint density at radius 2 is 1.87 bits per heavy atom. The Morgan fingerprint density at radius 1 is 1.13 bits per heavy atom. The zero-order chi connectivity index (χ0) is 10.7. The van der Waals surface area contributed by atoms with Crippen molar-refractivity contribution in [2.45, 2.75) is 45.1 Å². The largest absolute Gasteiger partial charge is 0.331 e. The monoisotopic (exact) mass is 211 g/mol. The molecule has 1 atom stereocenters. The fourth-order valence-corrected chi connectivity index (χ4v) is 2.39. The van der Waals surface area contributed by atoms with Crippen LogP contribution in [-0.4, -0.2) is 41.6 Å². The maximum atomic E-state index is 11.9. The molecule has 1 unspecified atom stereocenters. The molecule has 0 saturated carbocycles. The Kier molecular flexibility index (Phi) is 3.46. The average molecular weight is 211 g/mol. The molecule has 15 heavy (non-hydrogen) atoms. The number of nitrogens with one attached hydrogen (secondary N) is 1. The van der Waals surface area contributed by atoms with E-state index in [2.05, 4.69) is 17.4 Å². The average Bonchev–Trinajstić information content (AvgIpc) is 2.66. The summed E-state index contributed by atoms with van der Waals surface area (Å²) in [5, 5.41) is 2.08. The minimum absolute atomic E-state index is 0.100. The van der Waals surface area contributed by atoms with Crippen molar-refractivity contribution >= 4 is 6.03 Å². The fraction of sp³-hybridized carbons (Fsp3) is 0.909. The van der Waals surface area contributed by atoms with E-state index in [0.717, 1.165) is 32.5 Å². The zero-order valence-electron chi connectivity index (χ0n) is 9.54. The van der Waals surface area contributed by atoms with Crippen LogP contribution in [0.5, 0.6) is 0 Å². The van der Waals surface area contributed by atoms with Crippen molar-refractivity contribution in [2.75, 3.05) is 19.6 Å². The van der Waals surface area contributed by atoms with E-state index in [1.165, 1.54) is 19.3 Å². The van der Waals surface area contributed by atoms with Crippen molar-refractivity contribution in [1.29, 1.82) is 0 Å². The van der Waals surface area contributed by atoms with Crippen LogP contribution in [0.1, 0.15) is 39.0 Å². The van der Waals surface area contributed by atoms with Gasteiger partial charge in [-0.1, -0.05) is 0 Å². The Balaban J connectivity index is 1.80. The van der Waals surface area contributed by atoms with Gasteiger partial charge < -0.3 is 4.90 Å². The topological polar surface area (TPSA) is 35.6 Å². The first kappa shape index (κ1) is 10.7. The lowest BCUT2D eigenvalue weighted by Crippen LogP contribution is -2.51. The lowest BCUT2D eigenvalue weighted by atomic mass is 10.1. The van der Waals surface area contributed by atoms with Gasteiger partial charge in [0.1, 0.15) is 0 Å². The molecule has 0 spiro atoms. The highest BCUT2D eigenvalue weighted by Crippen LogP contribution is 2.14. The van der Waals surface area contributed by atoms with Crippen LogP contribution in [0.4, 0.5) is 4.79 Å². The number of hydrazine groups is 1. The van der Waals surface area contributed by atoms with Crippen molar-refractivity contribution in [3.63, 3.8) is 0 Å². The molecule has 2 fully saturated rings. The van der Waals surface area contributed by atoms with Gasteiger partial charge in [-0.05, 0) is 39.0 Å². The summed E-state index contributed by atoms with van der Waals surface area (Å²) in [6, 6.07) is 0.599. The summed E-state index contributed by atoms with van der Waals surface area (Å²) in [7, 11) is 0. The molecule has 86 valence electrons. The standard InChI is InChI=1S/C11H21N3O/c1-10-6-5-9-14(10)12-11(15)13-7-3-2-4-8-13/h10H,2-9H2,1H3,(H,12,15). The smallest absolute Gasteiger partial charge is 0.324 e. The van der Waals surface area contributed by atoms with Gasteiger partial charge in [0.2, 0.25) is 0 Å². The predicted molar refractivity (Wildman–Crippen MR) is 59.4 cm³/mol. The van der Waals surface area contributed by atoms with E-state index in [9.17, 15) is 4.79 Å². The second-order valence-corrected chi connectivity index (χ2v) is 4.65. The van der Waals surface area contributed by atoms with Crippen LogP contribution in [-0.2, 0) is 0 Å². The number of rotatable bonds is 1. The second-order valence-electron chi connectivity index (χ2n) is 4.65. The third kappa shape index (κ3) is 2.62. The summed E-state index contributed by atoms with van der Waals surface area (Å²) in [6.07, 6.45) is 5.97. The lowest BCUT2D eigenvalue weighted by molar-refractivity contribution is 0.135. The number of likely N-dealkylation sites (tertiary alicyclic amines) is 1. The van der Waals surface area contributed by atoms with E-state index >= 15 is 0 Å². The Labute approximate surface area is 91.6 Å². The predicted octanol–water partition coefficient (Wildman–Crippen LogP) is 1.58. The Hall–Kier alpha value is -0.770. The Morgan fingerprint density at radius 3 is 2.47 bits per heavy atom. The van der Waals surface area contributed by atoms with Crippen LogP contribution in [0.25, 0.3) is 0 Å². The summed E-state index contributed by atoms with van der Waals surface area (Å²) < 4.78 is 0. The molecule has 0 aliphatic carbocycles. The van der Waals surface area contributed by atoms with Crippen LogP contribution in [0.2, 0.25) is 0 Å². The molecule has 0 aromatic rings. The number of carbonyl (C=O) groups is 1. The third-order valence-electron chi connectivity index (χ3n) is 3.44. The summed E-state index contributed by atoms with van der Waals surface area (Å²) in [6.45, 7) is 5.02. The van der Waals surface area contributed by atoms with E-state index in [1.54, 1.807) is 0 Å². The number of nitrogens with zero attached hydrogens (tertiary/aromatic N) is 2. The van der Waals surface area contributed by atoms with E-state index in [1.807, 2.05) is 4.90 Å². The van der Waals surface area contributed by atoms with Crippen LogP contribution in [0.15, 0.2) is 0 Å². The minimum Gasteiger partial charge on any atom is -0.324 e. The van der Waals surface area contributed by atoms with Gasteiger partial charge in [-0.3, -0.25) is 5.43 Å². The highest BCUT2D eigenvalue weighted by molar-refractivity contribution is 5.73. The fourth-order valence-electron chi connectivity index (χ4n) is 2.39. The normalized spacial score (nSPS) is 28.1. The first-order valence-electron chi connectivity index (χ1n) is 6.09. The van der Waals surface area contributed by atoms with Gasteiger partial charge in [-0.25, -0.2) is 9.80 Å². The number of piperidine rings is 1. The third-order valence-corrected chi connectivity index (χ3v) is 3.44. The number of urea groups is 1. The van der Waals surface area contributed by atoms with Crippen LogP contribution >= 0.6 is 0 Å². The van der Waals surface area contributed by atoms with E-state index < -0.39 is 0 Å². The minimum atomic E-state index is 0.100. The van der Waals surface area contributed by atoms with Gasteiger partial charge in [-0.15, -0.1) is 0 Å². The highest BCUT2D eigenvalue weighted by atomic mass is 16.2. The van der Waals surface area contributed by atoms with E-state index in [4.69, 9.17) is 0 Å². The molecule has 0 radical (unpaired) electrons. The van der Waals surface area contributed by atoms with Crippen molar-refractivity contribution in [2.24, 2.45) is 0 Å². The molecule has 2 saturated heterocycles. The molecule has 4 nitrogen and oxygen atoms in total. The second kappa shape index (κ2) is 4.84. The summed E-state index contributed by atoms with van der Waals surface area (Å²) in [5.41, 5.74) is 3.02. The van der Waals surface area contributed by atoms with Gasteiger partial charge in [-0.2, -0.15) is 0 Å². The van der Waals surface area contributed by atoms with Crippen molar-refractivity contribution in [3.05, 3.63) is 0 Å². The first-order chi connectivity index (χ1) is 7.27. The van der Waals surface area contributed by atoms with Gasteiger partial charge in [0.05, 0.1) is 0 Å². The SMILES string of the molecule is CC1CCCN1NC(=O)N1CCCCC1. The molecule has 2 heterocycles. The lowest BCUT2D eigenvalue weighted by Gasteiger charge is -2.30. The van der Waals surface area contributed by atoms with Gasteiger partial charge in [0, 0.05) is 25.7 Å². The zero-order valence-corrected chi connectivity index (χ0v) is 9.54. The molecule has 2 aliphatic heterocycles. The number of hydrogen-bond donors (Lipinski definition) is 1. The van der Waals surface area contributed by atoms with Crippen molar-refractivity contribution in [1.82, 2.24) is 15.3 Å². The first-order valence-corrected chi connectivity index (χ1v) is 6.09. The molecular formula is C11H21N3O. The molecule has 2 rings (SSSR count). The van der Waals surface area contributed by atoms with Crippen LogP contribution in [0.3, 0.4) is 0 Å². The molecular weight excluding hydrogens is 190 g/mol. The molecule has 0 bridgehead atoms. The molecule has 1 N–H and O–H groups in total. The molecule has 2 amide bonds. The summed E-state index contributed by atoms with van der Waals surface area (Å²) in [5.74, 6) is 0. The van der Waals surface area contributed by atoms with Crippen LogP contribution in [0, 0.1) is 0 Å². The van der Waals surface area contributed by atoms with E-state index in [-0.39, 0.29) is 6.03 Å². The highest BCUT2D eigenvalue weighted by Gasteiger charge is 2.24. The van der Waals surface area contributed by atoms with Gasteiger partial charge >= 0.3 is 6.03 Å².